The van der Waals surface area contributed by atoms with Gasteiger partial charge in [-0.05, 0) is 32.0 Å². The number of hydrogen-bond donors (Lipinski definition) is 2. The number of anilines is 2. The van der Waals surface area contributed by atoms with E-state index in [1.54, 1.807) is 6.20 Å². The molecule has 1 heterocycles. The van der Waals surface area contributed by atoms with Gasteiger partial charge in [-0.15, -0.1) is 0 Å². The molecular formula is C13H15BrN4S. The molecule has 0 saturated heterocycles. The van der Waals surface area contributed by atoms with Crippen LogP contribution in [0, 0.1) is 0 Å². The van der Waals surface area contributed by atoms with Gasteiger partial charge in [0.05, 0.1) is 11.9 Å². The van der Waals surface area contributed by atoms with E-state index in [0.717, 1.165) is 21.4 Å². The number of nitrogens with two attached hydrogens (primary N) is 1. The van der Waals surface area contributed by atoms with Gasteiger partial charge in [0.25, 0.3) is 0 Å². The first-order valence-corrected chi connectivity index (χ1v) is 7.08. The fraction of sp³-hybridized carbons (Fsp3) is 0.231. The molecule has 0 atom stereocenters. The third-order valence-electron chi connectivity index (χ3n) is 2.66. The fourth-order valence-corrected chi connectivity index (χ4v) is 2.20. The Bertz CT molecular complexity index is 606. The van der Waals surface area contributed by atoms with Crippen LogP contribution in [0.1, 0.15) is 25.5 Å². The highest BCUT2D eigenvalue weighted by atomic mass is 79.9. The molecular weight excluding hydrogens is 324 g/mol. The van der Waals surface area contributed by atoms with Gasteiger partial charge in [-0.2, -0.15) is 5.10 Å². The summed E-state index contributed by atoms with van der Waals surface area (Å²) in [6.07, 6.45) is 3.74. The van der Waals surface area contributed by atoms with Gasteiger partial charge in [0.15, 0.2) is 0 Å². The summed E-state index contributed by atoms with van der Waals surface area (Å²) in [6, 6.07) is 6.11. The molecule has 0 saturated carbocycles. The van der Waals surface area contributed by atoms with Crippen LogP contribution < -0.4 is 11.1 Å². The molecule has 0 amide bonds. The first-order chi connectivity index (χ1) is 8.97. The molecule has 6 heteroatoms. The lowest BCUT2D eigenvalue weighted by molar-refractivity contribution is 0.532. The highest BCUT2D eigenvalue weighted by molar-refractivity contribution is 9.10. The van der Waals surface area contributed by atoms with E-state index < -0.39 is 0 Å². The third kappa shape index (κ3) is 3.33. The first-order valence-electron chi connectivity index (χ1n) is 5.88. The van der Waals surface area contributed by atoms with Crippen molar-refractivity contribution in [2.45, 2.75) is 19.9 Å². The maximum Gasteiger partial charge on any atom is 0.106 e. The second-order valence-electron chi connectivity index (χ2n) is 4.48. The van der Waals surface area contributed by atoms with Crippen LogP contribution in [0.15, 0.2) is 35.1 Å². The SMILES string of the molecule is CC(C)n1cc(Nc2ccc(Br)cc2C(N)=S)cn1. The zero-order chi connectivity index (χ0) is 14.0. The second-order valence-corrected chi connectivity index (χ2v) is 5.84. The fourth-order valence-electron chi connectivity index (χ4n) is 1.67. The van der Waals surface area contributed by atoms with Crippen molar-refractivity contribution in [1.82, 2.24) is 9.78 Å². The van der Waals surface area contributed by atoms with Crippen molar-refractivity contribution in [1.29, 1.82) is 0 Å². The van der Waals surface area contributed by atoms with E-state index in [2.05, 4.69) is 40.2 Å². The van der Waals surface area contributed by atoms with E-state index in [4.69, 9.17) is 18.0 Å². The van der Waals surface area contributed by atoms with E-state index in [1.807, 2.05) is 29.1 Å². The summed E-state index contributed by atoms with van der Waals surface area (Å²) in [4.78, 5) is 0.361. The summed E-state index contributed by atoms with van der Waals surface area (Å²) < 4.78 is 2.83. The Kier molecular flexibility index (Phi) is 4.21. The van der Waals surface area contributed by atoms with Crippen LogP contribution in [0.2, 0.25) is 0 Å². The molecule has 0 radical (unpaired) electrons. The van der Waals surface area contributed by atoms with Gasteiger partial charge in [-0.3, -0.25) is 4.68 Å². The molecule has 0 aliphatic carbocycles. The van der Waals surface area contributed by atoms with Crippen molar-refractivity contribution < 1.29 is 0 Å². The van der Waals surface area contributed by atoms with Crippen LogP contribution >= 0.6 is 28.1 Å². The van der Waals surface area contributed by atoms with Crippen LogP contribution in [-0.2, 0) is 0 Å². The number of halogens is 1. The number of aromatic nitrogens is 2. The van der Waals surface area contributed by atoms with Gasteiger partial charge < -0.3 is 11.1 Å². The summed E-state index contributed by atoms with van der Waals surface area (Å²) in [5.41, 5.74) is 8.33. The van der Waals surface area contributed by atoms with Gasteiger partial charge >= 0.3 is 0 Å². The van der Waals surface area contributed by atoms with Gasteiger partial charge in [0.1, 0.15) is 4.99 Å². The van der Waals surface area contributed by atoms with Crippen LogP contribution in [0.3, 0.4) is 0 Å². The minimum Gasteiger partial charge on any atom is -0.389 e. The molecule has 19 heavy (non-hydrogen) atoms. The predicted molar refractivity (Wildman–Crippen MR) is 85.9 cm³/mol. The molecule has 1 aromatic heterocycles. The van der Waals surface area contributed by atoms with Gasteiger partial charge in [0, 0.05) is 28.0 Å². The Hall–Kier alpha value is -1.40. The zero-order valence-electron chi connectivity index (χ0n) is 10.7. The van der Waals surface area contributed by atoms with Crippen molar-refractivity contribution in [3.63, 3.8) is 0 Å². The van der Waals surface area contributed by atoms with Gasteiger partial charge in [-0.25, -0.2) is 0 Å². The monoisotopic (exact) mass is 338 g/mol. The van der Waals surface area contributed by atoms with Crippen molar-refractivity contribution >= 4 is 44.5 Å². The molecule has 2 aromatic rings. The number of nitrogens with one attached hydrogen (secondary N) is 1. The highest BCUT2D eigenvalue weighted by Crippen LogP contribution is 2.24. The number of rotatable bonds is 4. The van der Waals surface area contributed by atoms with Crippen LogP contribution in [0.25, 0.3) is 0 Å². The molecule has 4 nitrogen and oxygen atoms in total. The number of thiocarbonyl (C=S) groups is 1. The van der Waals surface area contributed by atoms with Crippen LogP contribution in [0.4, 0.5) is 11.4 Å². The maximum absolute atomic E-state index is 5.74. The van der Waals surface area contributed by atoms with E-state index in [0.29, 0.717) is 11.0 Å². The van der Waals surface area contributed by atoms with Gasteiger partial charge in [0.2, 0.25) is 0 Å². The van der Waals surface area contributed by atoms with Crippen molar-refractivity contribution in [2.24, 2.45) is 5.73 Å². The Morgan fingerprint density at radius 3 is 2.79 bits per heavy atom. The zero-order valence-corrected chi connectivity index (χ0v) is 13.1. The molecule has 0 unspecified atom stereocenters. The topological polar surface area (TPSA) is 55.9 Å². The molecule has 100 valence electrons. The summed E-state index contributed by atoms with van der Waals surface area (Å²) in [5.74, 6) is 0. The molecule has 0 bridgehead atoms. The molecule has 1 aromatic carbocycles. The van der Waals surface area contributed by atoms with E-state index in [-0.39, 0.29) is 0 Å². The molecule has 3 N–H and O–H groups in total. The number of hydrogen-bond acceptors (Lipinski definition) is 3. The van der Waals surface area contributed by atoms with E-state index >= 15 is 0 Å². The lowest BCUT2D eigenvalue weighted by atomic mass is 10.2. The van der Waals surface area contributed by atoms with Crippen molar-refractivity contribution in [2.75, 3.05) is 5.32 Å². The average molecular weight is 339 g/mol. The minimum absolute atomic E-state index is 0.329. The second kappa shape index (κ2) is 5.71. The van der Waals surface area contributed by atoms with E-state index in [1.165, 1.54) is 0 Å². The maximum atomic E-state index is 5.74. The lowest BCUT2D eigenvalue weighted by Gasteiger charge is -2.10. The van der Waals surface area contributed by atoms with E-state index in [9.17, 15) is 0 Å². The first kappa shape index (κ1) is 14.0. The largest absolute Gasteiger partial charge is 0.389 e. The molecule has 0 fully saturated rings. The van der Waals surface area contributed by atoms with Crippen LogP contribution in [0.5, 0.6) is 0 Å². The highest BCUT2D eigenvalue weighted by Gasteiger charge is 2.08. The Morgan fingerprint density at radius 1 is 1.47 bits per heavy atom. The standard InChI is InChI=1S/C13H15BrN4S/c1-8(2)18-7-10(6-16-18)17-12-4-3-9(14)5-11(12)13(15)19/h3-8,17H,1-2H3,(H2,15,19). The Balaban J connectivity index is 2.29. The summed E-state index contributed by atoms with van der Waals surface area (Å²) in [6.45, 7) is 4.16. The van der Waals surface area contributed by atoms with Crippen molar-refractivity contribution in [3.05, 3.63) is 40.6 Å². The molecule has 0 aliphatic rings. The normalized spacial score (nSPS) is 10.7. The molecule has 0 aliphatic heterocycles. The molecule has 2 rings (SSSR count). The third-order valence-corrected chi connectivity index (χ3v) is 3.37. The summed E-state index contributed by atoms with van der Waals surface area (Å²) in [7, 11) is 0. The minimum atomic E-state index is 0.329. The predicted octanol–water partition coefficient (Wildman–Crippen LogP) is 3.60. The summed E-state index contributed by atoms with van der Waals surface area (Å²) in [5, 5.41) is 7.57. The lowest BCUT2D eigenvalue weighted by Crippen LogP contribution is -2.11. The molecule has 0 spiro atoms. The smallest absolute Gasteiger partial charge is 0.106 e. The van der Waals surface area contributed by atoms with Gasteiger partial charge in [-0.1, -0.05) is 28.1 Å². The number of nitrogens with zero attached hydrogens (tertiary/aromatic N) is 2. The average Bonchev–Trinajstić information content (AvgIpc) is 2.80. The number of benzene rings is 1. The Morgan fingerprint density at radius 2 is 2.21 bits per heavy atom. The summed E-state index contributed by atoms with van der Waals surface area (Å²) >= 11 is 8.48. The van der Waals surface area contributed by atoms with Crippen molar-refractivity contribution in [3.8, 4) is 0 Å². The van der Waals surface area contributed by atoms with Crippen LogP contribution in [-0.4, -0.2) is 14.8 Å². The quantitative estimate of drug-likeness (QED) is 0.836. The Labute approximate surface area is 126 Å².